The van der Waals surface area contributed by atoms with Crippen molar-refractivity contribution in [3.8, 4) is 5.95 Å². The van der Waals surface area contributed by atoms with Crippen molar-refractivity contribution in [3.05, 3.63) is 28.8 Å². The van der Waals surface area contributed by atoms with Gasteiger partial charge in [0, 0.05) is 6.20 Å². The van der Waals surface area contributed by atoms with Gasteiger partial charge in [0.05, 0.1) is 17.6 Å². The second-order valence-corrected chi connectivity index (χ2v) is 3.59. The normalized spacial score (nSPS) is 10.4. The maximum Gasteiger partial charge on any atom is 0.251 e. The largest absolute Gasteiger partial charge is 0.396 e. The van der Waals surface area contributed by atoms with Crippen LogP contribution >= 0.6 is 15.9 Å². The fourth-order valence-corrected chi connectivity index (χ4v) is 1.33. The summed E-state index contributed by atoms with van der Waals surface area (Å²) in [6, 6.07) is 1.76. The van der Waals surface area contributed by atoms with E-state index in [1.165, 1.54) is 0 Å². The summed E-state index contributed by atoms with van der Waals surface area (Å²) in [5.74, 6) is 0.508. The first kappa shape index (κ1) is 9.14. The van der Waals surface area contributed by atoms with Gasteiger partial charge in [-0.25, -0.2) is 14.6 Å². The van der Waals surface area contributed by atoms with Crippen LogP contribution in [0, 0.1) is 6.92 Å². The molecule has 0 amide bonds. The van der Waals surface area contributed by atoms with Crippen LogP contribution in [0.4, 0.5) is 5.69 Å². The molecule has 0 aliphatic heterocycles. The van der Waals surface area contributed by atoms with Crippen LogP contribution in [0.25, 0.3) is 5.95 Å². The average Bonchev–Trinajstić information content (AvgIpc) is 2.48. The zero-order valence-electron chi connectivity index (χ0n) is 7.48. The molecule has 2 heterocycles. The summed E-state index contributed by atoms with van der Waals surface area (Å²) in [6.45, 7) is 1.87. The maximum absolute atomic E-state index is 5.67. The molecular formula is C8H8BrN5. The lowest BCUT2D eigenvalue weighted by molar-refractivity contribution is 0.779. The monoisotopic (exact) mass is 253 g/mol. The van der Waals surface area contributed by atoms with Crippen molar-refractivity contribution >= 4 is 21.6 Å². The molecule has 6 heteroatoms. The minimum absolute atomic E-state index is 0.508. The van der Waals surface area contributed by atoms with Gasteiger partial charge in [-0.2, -0.15) is 5.10 Å². The van der Waals surface area contributed by atoms with Crippen LogP contribution in [0.1, 0.15) is 5.69 Å². The van der Waals surface area contributed by atoms with Crippen LogP contribution in [0.3, 0.4) is 0 Å². The third kappa shape index (κ3) is 1.48. The van der Waals surface area contributed by atoms with E-state index in [1.54, 1.807) is 23.1 Å². The summed E-state index contributed by atoms with van der Waals surface area (Å²) in [7, 11) is 0. The van der Waals surface area contributed by atoms with Crippen LogP contribution in [-0.2, 0) is 0 Å². The second-order valence-electron chi connectivity index (χ2n) is 2.78. The lowest BCUT2D eigenvalue weighted by Crippen LogP contribution is -2.04. The van der Waals surface area contributed by atoms with Gasteiger partial charge in [0.15, 0.2) is 0 Å². The predicted molar refractivity (Wildman–Crippen MR) is 56.0 cm³/mol. The van der Waals surface area contributed by atoms with Crippen molar-refractivity contribution < 1.29 is 0 Å². The van der Waals surface area contributed by atoms with E-state index in [4.69, 9.17) is 5.73 Å². The third-order valence-electron chi connectivity index (χ3n) is 1.85. The van der Waals surface area contributed by atoms with Crippen LogP contribution in [0.15, 0.2) is 23.1 Å². The first-order chi connectivity index (χ1) is 6.68. The Kier molecular flexibility index (Phi) is 2.20. The van der Waals surface area contributed by atoms with E-state index in [2.05, 4.69) is 31.0 Å². The zero-order chi connectivity index (χ0) is 10.1. The van der Waals surface area contributed by atoms with Crippen LogP contribution < -0.4 is 5.73 Å². The molecule has 5 nitrogen and oxygen atoms in total. The van der Waals surface area contributed by atoms with Gasteiger partial charge in [0.1, 0.15) is 4.60 Å². The number of aromatic nitrogens is 4. The summed E-state index contributed by atoms with van der Waals surface area (Å²) in [6.07, 6.45) is 3.24. The van der Waals surface area contributed by atoms with E-state index >= 15 is 0 Å². The van der Waals surface area contributed by atoms with Gasteiger partial charge in [-0.1, -0.05) is 0 Å². The standard InChI is InChI=1S/C8H8BrN5/c1-5-6(10)4-12-14(5)8-11-3-2-7(9)13-8/h2-4H,10H2,1H3. The van der Waals surface area contributed by atoms with Crippen molar-refractivity contribution in [2.45, 2.75) is 6.92 Å². The maximum atomic E-state index is 5.67. The molecule has 0 aliphatic rings. The quantitative estimate of drug-likeness (QED) is 0.779. The molecule has 14 heavy (non-hydrogen) atoms. The van der Waals surface area contributed by atoms with E-state index in [0.29, 0.717) is 11.6 Å². The molecule has 0 atom stereocenters. The Balaban J connectivity index is 2.55. The fraction of sp³-hybridized carbons (Fsp3) is 0.125. The Morgan fingerprint density at radius 3 is 2.86 bits per heavy atom. The molecule has 0 fully saturated rings. The van der Waals surface area contributed by atoms with E-state index < -0.39 is 0 Å². The van der Waals surface area contributed by atoms with E-state index in [1.807, 2.05) is 6.92 Å². The van der Waals surface area contributed by atoms with Gasteiger partial charge in [-0.15, -0.1) is 0 Å². The third-order valence-corrected chi connectivity index (χ3v) is 2.29. The number of nitrogens with zero attached hydrogens (tertiary/aromatic N) is 4. The van der Waals surface area contributed by atoms with Gasteiger partial charge in [0.25, 0.3) is 5.95 Å². The Hall–Kier alpha value is -1.43. The molecule has 0 bridgehead atoms. The Labute approximate surface area is 89.1 Å². The summed E-state index contributed by atoms with van der Waals surface area (Å²) in [5, 5.41) is 4.07. The predicted octanol–water partition coefficient (Wildman–Crippen LogP) is 1.32. The molecule has 72 valence electrons. The Bertz CT molecular complexity index is 465. The first-order valence-corrected chi connectivity index (χ1v) is 4.77. The van der Waals surface area contributed by atoms with Gasteiger partial charge >= 0.3 is 0 Å². The summed E-state index contributed by atoms with van der Waals surface area (Å²) >= 11 is 3.27. The number of hydrogen-bond donors (Lipinski definition) is 1. The lowest BCUT2D eigenvalue weighted by Gasteiger charge is -2.01. The molecule has 2 aromatic rings. The minimum Gasteiger partial charge on any atom is -0.396 e. The first-order valence-electron chi connectivity index (χ1n) is 3.97. The molecule has 0 spiro atoms. The fourth-order valence-electron chi connectivity index (χ4n) is 1.05. The molecule has 0 aliphatic carbocycles. The lowest BCUT2D eigenvalue weighted by atomic mass is 10.4. The van der Waals surface area contributed by atoms with Crippen molar-refractivity contribution in [2.75, 3.05) is 5.73 Å². The highest BCUT2D eigenvalue weighted by Gasteiger charge is 2.07. The molecular weight excluding hydrogens is 246 g/mol. The van der Waals surface area contributed by atoms with Gasteiger partial charge in [-0.05, 0) is 28.9 Å². The number of nitrogen functional groups attached to an aromatic ring is 1. The molecule has 2 aromatic heterocycles. The molecule has 0 unspecified atom stereocenters. The van der Waals surface area contributed by atoms with Gasteiger partial charge in [-0.3, -0.25) is 0 Å². The Morgan fingerprint density at radius 1 is 1.50 bits per heavy atom. The summed E-state index contributed by atoms with van der Waals surface area (Å²) in [4.78, 5) is 8.26. The topological polar surface area (TPSA) is 69.6 Å². The molecule has 0 radical (unpaired) electrons. The van der Waals surface area contributed by atoms with Crippen molar-refractivity contribution in [1.82, 2.24) is 19.7 Å². The second kappa shape index (κ2) is 3.38. The van der Waals surface area contributed by atoms with Crippen LogP contribution in [-0.4, -0.2) is 19.7 Å². The number of rotatable bonds is 1. The number of hydrogen-bond acceptors (Lipinski definition) is 4. The van der Waals surface area contributed by atoms with Crippen LogP contribution in [0.5, 0.6) is 0 Å². The highest BCUT2D eigenvalue weighted by Crippen LogP contribution is 2.13. The molecule has 2 N–H and O–H groups in total. The molecule has 0 saturated heterocycles. The number of anilines is 1. The number of nitrogens with two attached hydrogens (primary N) is 1. The van der Waals surface area contributed by atoms with E-state index in [-0.39, 0.29) is 0 Å². The molecule has 2 rings (SSSR count). The zero-order valence-corrected chi connectivity index (χ0v) is 9.06. The Morgan fingerprint density at radius 2 is 2.29 bits per heavy atom. The minimum atomic E-state index is 0.508. The van der Waals surface area contributed by atoms with Gasteiger partial charge in [0.2, 0.25) is 0 Å². The average molecular weight is 254 g/mol. The van der Waals surface area contributed by atoms with E-state index in [0.717, 1.165) is 10.3 Å². The highest BCUT2D eigenvalue weighted by atomic mass is 79.9. The molecule has 0 aromatic carbocycles. The van der Waals surface area contributed by atoms with E-state index in [9.17, 15) is 0 Å². The SMILES string of the molecule is Cc1c(N)cnn1-c1nccc(Br)n1. The number of halogens is 1. The van der Waals surface area contributed by atoms with Crippen molar-refractivity contribution in [3.63, 3.8) is 0 Å². The van der Waals surface area contributed by atoms with Crippen molar-refractivity contribution in [1.29, 1.82) is 0 Å². The molecule has 0 saturated carbocycles. The van der Waals surface area contributed by atoms with Crippen LogP contribution in [0.2, 0.25) is 0 Å². The van der Waals surface area contributed by atoms with Gasteiger partial charge < -0.3 is 5.73 Å². The van der Waals surface area contributed by atoms with Crippen molar-refractivity contribution in [2.24, 2.45) is 0 Å². The highest BCUT2D eigenvalue weighted by molar-refractivity contribution is 9.10. The smallest absolute Gasteiger partial charge is 0.251 e. The summed E-state index contributed by atoms with van der Waals surface area (Å²) in [5.41, 5.74) is 7.13. The summed E-state index contributed by atoms with van der Waals surface area (Å²) < 4.78 is 2.32.